The van der Waals surface area contributed by atoms with Gasteiger partial charge in [-0.05, 0) is 31.5 Å². The van der Waals surface area contributed by atoms with Crippen molar-refractivity contribution in [2.24, 2.45) is 0 Å². The lowest BCUT2D eigenvalue weighted by Gasteiger charge is -2.23. The molecule has 2 rings (SSSR count). The zero-order valence-corrected chi connectivity index (χ0v) is 12.4. The number of ether oxygens (including phenoxy) is 1. The minimum Gasteiger partial charge on any atom is -0.490 e. The summed E-state index contributed by atoms with van der Waals surface area (Å²) in [5, 5.41) is 14.1. The van der Waals surface area contributed by atoms with Crippen LogP contribution in [0.25, 0.3) is 0 Å². The highest BCUT2D eigenvalue weighted by Gasteiger charge is 2.25. The smallest absolute Gasteiger partial charge is 0.312 e. The number of sulfonamides is 1. The van der Waals surface area contributed by atoms with Gasteiger partial charge in [-0.25, -0.2) is 13.1 Å². The molecule has 1 aromatic rings. The Balaban J connectivity index is 2.27. The van der Waals surface area contributed by atoms with Crippen LogP contribution in [0, 0.1) is 10.1 Å². The third-order valence-corrected chi connectivity index (χ3v) is 4.79. The molecule has 0 saturated carbocycles. The number of piperidine rings is 1. The normalized spacial score (nSPS) is 19.2. The van der Waals surface area contributed by atoms with Crippen molar-refractivity contribution in [2.75, 3.05) is 20.2 Å². The molecule has 116 valence electrons. The van der Waals surface area contributed by atoms with Crippen LogP contribution >= 0.6 is 0 Å². The number of hydrogen-bond donors (Lipinski definition) is 2. The maximum absolute atomic E-state index is 12.3. The molecule has 1 unspecified atom stereocenters. The lowest BCUT2D eigenvalue weighted by molar-refractivity contribution is -0.386. The Bertz CT molecular complexity index is 626. The van der Waals surface area contributed by atoms with Gasteiger partial charge in [0.15, 0.2) is 5.75 Å². The predicted octanol–water partition coefficient (Wildman–Crippen LogP) is 0.634. The second-order valence-electron chi connectivity index (χ2n) is 4.76. The van der Waals surface area contributed by atoms with Gasteiger partial charge in [-0.15, -0.1) is 0 Å². The first-order valence-electron chi connectivity index (χ1n) is 6.49. The van der Waals surface area contributed by atoms with E-state index in [0.29, 0.717) is 6.54 Å². The predicted molar refractivity (Wildman–Crippen MR) is 75.9 cm³/mol. The minimum absolute atomic E-state index is 0.0262. The number of methoxy groups -OCH3 is 1. The van der Waals surface area contributed by atoms with Gasteiger partial charge in [-0.2, -0.15) is 0 Å². The summed E-state index contributed by atoms with van der Waals surface area (Å²) in [6.45, 7) is 1.42. The summed E-state index contributed by atoms with van der Waals surface area (Å²) in [4.78, 5) is 10.1. The molecule has 8 nitrogen and oxygen atoms in total. The van der Waals surface area contributed by atoms with Crippen LogP contribution in [0.5, 0.6) is 5.75 Å². The van der Waals surface area contributed by atoms with Crippen molar-refractivity contribution in [3.05, 3.63) is 28.3 Å². The SMILES string of the molecule is COc1ccc(S(=O)(=O)NC2CCCNC2)cc1[N+](=O)[O-]. The third kappa shape index (κ3) is 3.69. The van der Waals surface area contributed by atoms with Crippen molar-refractivity contribution in [1.29, 1.82) is 0 Å². The van der Waals surface area contributed by atoms with Gasteiger partial charge < -0.3 is 10.1 Å². The van der Waals surface area contributed by atoms with Crippen LogP contribution in [0.2, 0.25) is 0 Å². The van der Waals surface area contributed by atoms with Gasteiger partial charge in [0.25, 0.3) is 0 Å². The monoisotopic (exact) mass is 315 g/mol. The van der Waals surface area contributed by atoms with Crippen LogP contribution in [0.3, 0.4) is 0 Å². The van der Waals surface area contributed by atoms with Gasteiger partial charge in [0.2, 0.25) is 10.0 Å². The third-order valence-electron chi connectivity index (χ3n) is 3.28. The summed E-state index contributed by atoms with van der Waals surface area (Å²) >= 11 is 0. The lowest BCUT2D eigenvalue weighted by Crippen LogP contribution is -2.45. The van der Waals surface area contributed by atoms with Crippen LogP contribution in [0.15, 0.2) is 23.1 Å². The average Bonchev–Trinajstić information content (AvgIpc) is 2.47. The van der Waals surface area contributed by atoms with Crippen LogP contribution < -0.4 is 14.8 Å². The summed E-state index contributed by atoms with van der Waals surface area (Å²) in [5.41, 5.74) is -0.373. The molecule has 2 N–H and O–H groups in total. The molecule has 0 aliphatic carbocycles. The Morgan fingerprint density at radius 2 is 2.24 bits per heavy atom. The molecule has 1 aliphatic heterocycles. The highest BCUT2D eigenvalue weighted by molar-refractivity contribution is 7.89. The van der Waals surface area contributed by atoms with Crippen molar-refractivity contribution in [3.8, 4) is 5.75 Å². The van der Waals surface area contributed by atoms with E-state index in [4.69, 9.17) is 4.74 Å². The van der Waals surface area contributed by atoms with Crippen molar-refractivity contribution in [2.45, 2.75) is 23.8 Å². The molecule has 1 aliphatic rings. The Labute approximate surface area is 122 Å². The van der Waals surface area contributed by atoms with E-state index in [1.54, 1.807) is 0 Å². The molecule has 9 heteroatoms. The first-order chi connectivity index (χ1) is 9.94. The quantitative estimate of drug-likeness (QED) is 0.609. The maximum Gasteiger partial charge on any atom is 0.312 e. The molecular formula is C12H17N3O5S. The fourth-order valence-electron chi connectivity index (χ4n) is 2.22. The van der Waals surface area contributed by atoms with Crippen molar-refractivity contribution in [3.63, 3.8) is 0 Å². The Morgan fingerprint density at radius 3 is 2.81 bits per heavy atom. The molecule has 0 aromatic heterocycles. The molecule has 21 heavy (non-hydrogen) atoms. The zero-order chi connectivity index (χ0) is 15.5. The fourth-order valence-corrected chi connectivity index (χ4v) is 3.51. The number of nitro benzene ring substituents is 1. The number of rotatable bonds is 5. The Hall–Kier alpha value is -1.71. The topological polar surface area (TPSA) is 111 Å². The Morgan fingerprint density at radius 1 is 1.48 bits per heavy atom. The number of nitrogens with one attached hydrogen (secondary N) is 2. The van der Waals surface area contributed by atoms with E-state index in [1.165, 1.54) is 19.2 Å². The number of benzene rings is 1. The van der Waals surface area contributed by atoms with Crippen molar-refractivity contribution >= 4 is 15.7 Å². The number of nitro groups is 1. The van der Waals surface area contributed by atoms with Gasteiger partial charge in [0.05, 0.1) is 16.9 Å². The average molecular weight is 315 g/mol. The van der Waals surface area contributed by atoms with Crippen LogP contribution in [0.4, 0.5) is 5.69 Å². The first-order valence-corrected chi connectivity index (χ1v) is 7.98. The van der Waals surface area contributed by atoms with Crippen LogP contribution in [0.1, 0.15) is 12.8 Å². The number of hydrogen-bond acceptors (Lipinski definition) is 6. The van der Waals surface area contributed by atoms with E-state index in [1.807, 2.05) is 0 Å². The van der Waals surface area contributed by atoms with Gasteiger partial charge in [0.1, 0.15) is 0 Å². The van der Waals surface area contributed by atoms with Gasteiger partial charge >= 0.3 is 5.69 Å². The van der Waals surface area contributed by atoms with Gasteiger partial charge in [-0.1, -0.05) is 0 Å². The maximum atomic E-state index is 12.3. The zero-order valence-electron chi connectivity index (χ0n) is 11.5. The molecule has 1 aromatic carbocycles. The van der Waals surface area contributed by atoms with Crippen molar-refractivity contribution in [1.82, 2.24) is 10.0 Å². The van der Waals surface area contributed by atoms with Gasteiger partial charge in [-0.3, -0.25) is 10.1 Å². The summed E-state index contributed by atoms with van der Waals surface area (Å²) < 4.78 is 32.0. The first kappa shape index (κ1) is 15.7. The molecule has 0 bridgehead atoms. The van der Waals surface area contributed by atoms with E-state index in [9.17, 15) is 18.5 Å². The Kier molecular flexibility index (Phi) is 4.76. The molecular weight excluding hydrogens is 298 g/mol. The van der Waals surface area contributed by atoms with Crippen LogP contribution in [-0.2, 0) is 10.0 Å². The summed E-state index contributed by atoms with van der Waals surface area (Å²) in [6, 6.07) is 3.39. The van der Waals surface area contributed by atoms with Gasteiger partial charge in [0, 0.05) is 18.7 Å². The highest BCUT2D eigenvalue weighted by Crippen LogP contribution is 2.29. The largest absolute Gasteiger partial charge is 0.490 e. The highest BCUT2D eigenvalue weighted by atomic mass is 32.2. The van der Waals surface area contributed by atoms with E-state index in [-0.39, 0.29) is 22.4 Å². The second-order valence-corrected chi connectivity index (χ2v) is 6.47. The van der Waals surface area contributed by atoms with E-state index < -0.39 is 14.9 Å². The van der Waals surface area contributed by atoms with Crippen molar-refractivity contribution < 1.29 is 18.1 Å². The molecule has 1 heterocycles. The minimum atomic E-state index is -3.79. The van der Waals surface area contributed by atoms with E-state index in [2.05, 4.69) is 10.0 Å². The molecule has 0 spiro atoms. The number of nitrogens with zero attached hydrogens (tertiary/aromatic N) is 1. The van der Waals surface area contributed by atoms with E-state index >= 15 is 0 Å². The molecule has 1 fully saturated rings. The summed E-state index contributed by atoms with van der Waals surface area (Å²) in [5.74, 6) is 0.0262. The standard InChI is InChI=1S/C12H17N3O5S/c1-20-12-5-4-10(7-11(12)15(16)17)21(18,19)14-9-3-2-6-13-8-9/h4-5,7,9,13-14H,2-3,6,8H2,1H3. The van der Waals surface area contributed by atoms with E-state index in [0.717, 1.165) is 25.5 Å². The molecule has 0 amide bonds. The summed E-state index contributed by atoms with van der Waals surface area (Å²) in [7, 11) is -2.50. The molecule has 1 saturated heterocycles. The summed E-state index contributed by atoms with van der Waals surface area (Å²) in [6.07, 6.45) is 1.63. The molecule has 0 radical (unpaired) electrons. The fraction of sp³-hybridized carbons (Fsp3) is 0.500. The lowest BCUT2D eigenvalue weighted by atomic mass is 10.1. The molecule has 1 atom stereocenters. The van der Waals surface area contributed by atoms with Crippen LogP contribution in [-0.4, -0.2) is 39.6 Å². The second kappa shape index (κ2) is 6.37.